The highest BCUT2D eigenvalue weighted by Gasteiger charge is 2.08. The number of benzene rings is 1. The molecule has 6 heteroatoms. The van der Waals surface area contributed by atoms with Gasteiger partial charge in [0, 0.05) is 0 Å². The van der Waals surface area contributed by atoms with Crippen molar-refractivity contribution in [1.82, 2.24) is 15.0 Å². The summed E-state index contributed by atoms with van der Waals surface area (Å²) in [4.78, 5) is 1.50. The number of hydrogen-bond donors (Lipinski definition) is 1. The summed E-state index contributed by atoms with van der Waals surface area (Å²) in [5, 5.41) is 8.33. The van der Waals surface area contributed by atoms with Crippen LogP contribution in [0.4, 0.5) is 0 Å². The highest BCUT2D eigenvalue weighted by atomic mass is 35.5. The standard InChI is InChI=1S/C12H17ClN4.ClH/c1-2-16(8-7-13)9-10-17-12-6-4-3-5-11(12)14-15-17;/h3-6H,2,7-10H2,1H3;1H. The van der Waals surface area contributed by atoms with Gasteiger partial charge in [-0.25, -0.2) is 4.68 Å². The molecule has 0 aliphatic rings. The van der Waals surface area contributed by atoms with Crippen molar-refractivity contribution in [1.29, 1.82) is 0 Å². The van der Waals surface area contributed by atoms with Crippen LogP contribution in [-0.4, -0.2) is 40.5 Å². The second-order valence-electron chi connectivity index (χ2n) is 4.09. The maximum atomic E-state index is 5.78. The lowest BCUT2D eigenvalue weighted by molar-refractivity contribution is -0.896. The van der Waals surface area contributed by atoms with E-state index in [0.717, 1.165) is 37.2 Å². The van der Waals surface area contributed by atoms with Gasteiger partial charge >= 0.3 is 0 Å². The van der Waals surface area contributed by atoms with Crippen molar-refractivity contribution in [3.63, 3.8) is 0 Å². The Morgan fingerprint density at radius 2 is 2.06 bits per heavy atom. The summed E-state index contributed by atoms with van der Waals surface area (Å²) in [6.07, 6.45) is 0. The molecule has 0 saturated heterocycles. The number of halogens is 2. The Labute approximate surface area is 118 Å². The molecule has 1 atom stereocenters. The van der Waals surface area contributed by atoms with E-state index < -0.39 is 0 Å². The fourth-order valence-corrected chi connectivity index (χ4v) is 2.23. The molecular formula is C12H18Cl2N4. The van der Waals surface area contributed by atoms with Gasteiger partial charge in [-0.05, 0) is 19.1 Å². The van der Waals surface area contributed by atoms with Crippen molar-refractivity contribution in [3.8, 4) is 0 Å². The number of nitrogens with one attached hydrogen (secondary N) is 1. The molecule has 1 N–H and O–H groups in total. The van der Waals surface area contributed by atoms with E-state index in [4.69, 9.17) is 11.6 Å². The van der Waals surface area contributed by atoms with Crippen molar-refractivity contribution < 1.29 is 17.3 Å². The third-order valence-corrected chi connectivity index (χ3v) is 3.23. The average Bonchev–Trinajstić information content (AvgIpc) is 2.78. The van der Waals surface area contributed by atoms with Crippen LogP contribution in [0.2, 0.25) is 0 Å². The second-order valence-corrected chi connectivity index (χ2v) is 4.47. The van der Waals surface area contributed by atoms with E-state index in [-0.39, 0.29) is 12.4 Å². The fraction of sp³-hybridized carbons (Fsp3) is 0.500. The van der Waals surface area contributed by atoms with Gasteiger partial charge < -0.3 is 17.3 Å². The molecule has 0 saturated carbocycles. The number of rotatable bonds is 6. The topological polar surface area (TPSA) is 35.2 Å². The molecule has 18 heavy (non-hydrogen) atoms. The zero-order chi connectivity index (χ0) is 12.1. The quantitative estimate of drug-likeness (QED) is 0.601. The molecule has 1 unspecified atom stereocenters. The maximum absolute atomic E-state index is 5.78. The van der Waals surface area contributed by atoms with Gasteiger partial charge in [-0.1, -0.05) is 17.3 Å². The van der Waals surface area contributed by atoms with Gasteiger partial charge in [0.25, 0.3) is 0 Å². The largest absolute Gasteiger partial charge is 1.00 e. The SMILES string of the molecule is CC[NH+](CCCl)CCn1nnc2ccccc21.[Cl-]. The number of para-hydroxylation sites is 1. The molecule has 1 aromatic carbocycles. The monoisotopic (exact) mass is 288 g/mol. The number of hydrogen-bond acceptors (Lipinski definition) is 2. The third-order valence-electron chi connectivity index (χ3n) is 3.05. The smallest absolute Gasteiger partial charge is 0.113 e. The molecule has 0 bridgehead atoms. The molecule has 0 radical (unpaired) electrons. The Hall–Kier alpha value is -0.840. The molecule has 0 amide bonds. The van der Waals surface area contributed by atoms with Crippen LogP contribution in [-0.2, 0) is 6.54 Å². The van der Waals surface area contributed by atoms with E-state index in [0.29, 0.717) is 5.88 Å². The Kier molecular flexibility index (Phi) is 6.39. The first-order valence-electron chi connectivity index (χ1n) is 6.03. The minimum absolute atomic E-state index is 0. The van der Waals surface area contributed by atoms with E-state index in [1.165, 1.54) is 4.90 Å². The Morgan fingerprint density at radius 3 is 2.78 bits per heavy atom. The van der Waals surface area contributed by atoms with Crippen molar-refractivity contribution in [3.05, 3.63) is 24.3 Å². The minimum Gasteiger partial charge on any atom is -1.00 e. The van der Waals surface area contributed by atoms with Gasteiger partial charge in [0.05, 0.1) is 37.6 Å². The van der Waals surface area contributed by atoms with E-state index in [1.54, 1.807) is 0 Å². The van der Waals surface area contributed by atoms with Crippen LogP contribution < -0.4 is 17.3 Å². The lowest BCUT2D eigenvalue weighted by Gasteiger charge is -2.15. The van der Waals surface area contributed by atoms with Gasteiger partial charge in [0.15, 0.2) is 0 Å². The second kappa shape index (κ2) is 7.56. The zero-order valence-electron chi connectivity index (χ0n) is 10.4. The fourth-order valence-electron chi connectivity index (χ4n) is 1.96. The minimum atomic E-state index is 0. The summed E-state index contributed by atoms with van der Waals surface area (Å²) in [7, 11) is 0. The Bertz CT molecular complexity index is 472. The van der Waals surface area contributed by atoms with E-state index >= 15 is 0 Å². The molecule has 1 aromatic heterocycles. The summed E-state index contributed by atoms with van der Waals surface area (Å²) < 4.78 is 1.97. The summed E-state index contributed by atoms with van der Waals surface area (Å²) in [6, 6.07) is 8.05. The molecule has 2 aromatic rings. The van der Waals surface area contributed by atoms with Crippen LogP contribution in [0.25, 0.3) is 11.0 Å². The molecule has 4 nitrogen and oxygen atoms in total. The van der Waals surface area contributed by atoms with Gasteiger partial charge in [-0.15, -0.1) is 16.7 Å². The van der Waals surface area contributed by atoms with Gasteiger partial charge in [-0.3, -0.25) is 0 Å². The molecule has 1 heterocycles. The van der Waals surface area contributed by atoms with Crippen LogP contribution in [0.5, 0.6) is 0 Å². The summed E-state index contributed by atoms with van der Waals surface area (Å²) in [5.41, 5.74) is 2.07. The normalized spacial score (nSPS) is 12.3. The van der Waals surface area contributed by atoms with Gasteiger partial charge in [0.2, 0.25) is 0 Å². The summed E-state index contributed by atoms with van der Waals surface area (Å²) >= 11 is 5.78. The van der Waals surface area contributed by atoms with Crippen LogP contribution in [0, 0.1) is 0 Å². The number of nitrogens with zero attached hydrogens (tertiary/aromatic N) is 3. The van der Waals surface area contributed by atoms with Crippen molar-refractivity contribution in [2.45, 2.75) is 13.5 Å². The van der Waals surface area contributed by atoms with Crippen LogP contribution in [0.3, 0.4) is 0 Å². The molecule has 0 aliphatic carbocycles. The molecule has 2 rings (SSSR count). The number of aromatic nitrogens is 3. The molecule has 100 valence electrons. The lowest BCUT2D eigenvalue weighted by atomic mass is 10.3. The molecule has 0 fully saturated rings. The summed E-state index contributed by atoms with van der Waals surface area (Å²) in [5.74, 6) is 0.710. The Balaban J connectivity index is 0.00000162. The maximum Gasteiger partial charge on any atom is 0.113 e. The first kappa shape index (κ1) is 15.2. The first-order valence-corrected chi connectivity index (χ1v) is 6.56. The number of likely N-dealkylation sites (N-methyl/N-ethyl adjacent to an activating group) is 1. The Morgan fingerprint density at radius 1 is 1.28 bits per heavy atom. The van der Waals surface area contributed by atoms with Crippen molar-refractivity contribution in [2.75, 3.05) is 25.5 Å². The molecular weight excluding hydrogens is 271 g/mol. The van der Waals surface area contributed by atoms with E-state index in [9.17, 15) is 0 Å². The number of fused-ring (bicyclic) bond motifs is 1. The predicted molar refractivity (Wildman–Crippen MR) is 69.5 cm³/mol. The zero-order valence-corrected chi connectivity index (χ0v) is 12.0. The third kappa shape index (κ3) is 3.57. The van der Waals surface area contributed by atoms with Gasteiger partial charge in [-0.2, -0.15) is 0 Å². The van der Waals surface area contributed by atoms with Crippen LogP contribution >= 0.6 is 11.6 Å². The van der Waals surface area contributed by atoms with Crippen LogP contribution in [0.15, 0.2) is 24.3 Å². The number of quaternary nitrogens is 1. The van der Waals surface area contributed by atoms with E-state index in [2.05, 4.69) is 23.3 Å². The number of alkyl halides is 1. The first-order chi connectivity index (χ1) is 8.35. The van der Waals surface area contributed by atoms with Crippen molar-refractivity contribution in [2.24, 2.45) is 0 Å². The highest BCUT2D eigenvalue weighted by molar-refractivity contribution is 6.17. The molecule has 0 aliphatic heterocycles. The predicted octanol–water partition coefficient (Wildman–Crippen LogP) is -2.42. The van der Waals surface area contributed by atoms with E-state index in [1.807, 2.05) is 22.9 Å². The summed E-state index contributed by atoms with van der Waals surface area (Å²) in [6.45, 7) is 6.21. The lowest BCUT2D eigenvalue weighted by Crippen LogP contribution is -3.12. The van der Waals surface area contributed by atoms with Crippen molar-refractivity contribution >= 4 is 22.6 Å². The van der Waals surface area contributed by atoms with Crippen LogP contribution in [0.1, 0.15) is 6.92 Å². The van der Waals surface area contributed by atoms with Gasteiger partial charge in [0.1, 0.15) is 5.52 Å². The average molecular weight is 289 g/mol. The molecule has 0 spiro atoms. The highest BCUT2D eigenvalue weighted by Crippen LogP contribution is 2.08.